The largest absolute Gasteiger partial charge is 0.494 e. The first-order valence-electron chi connectivity index (χ1n) is 15.2. The Morgan fingerprint density at radius 1 is 0.930 bits per heavy atom. The number of esters is 1. The van der Waals surface area contributed by atoms with Crippen molar-refractivity contribution in [3.8, 4) is 22.4 Å². The van der Waals surface area contributed by atoms with E-state index in [1.54, 1.807) is 0 Å². The summed E-state index contributed by atoms with van der Waals surface area (Å²) in [6.07, 6.45) is 0.992. The second kappa shape index (κ2) is 13.3. The van der Waals surface area contributed by atoms with E-state index in [9.17, 15) is 9.18 Å². The van der Waals surface area contributed by atoms with Gasteiger partial charge in [0.05, 0.1) is 18.2 Å². The van der Waals surface area contributed by atoms with Crippen molar-refractivity contribution in [1.29, 1.82) is 0 Å². The molecule has 3 aromatic carbocycles. The maximum absolute atomic E-state index is 14.0. The van der Waals surface area contributed by atoms with E-state index in [-0.39, 0.29) is 36.3 Å². The molecule has 0 amide bonds. The molecule has 0 unspecified atom stereocenters. The molecule has 1 saturated heterocycles. The fraction of sp³-hybridized carbons (Fsp3) is 0.361. The van der Waals surface area contributed by atoms with Gasteiger partial charge in [0.25, 0.3) is 0 Å². The normalized spacial score (nSPS) is 17.3. The molecule has 43 heavy (non-hydrogen) atoms. The number of rotatable bonds is 9. The Hall–Kier alpha value is -3.68. The molecule has 2 heterocycles. The van der Waals surface area contributed by atoms with Crippen LogP contribution in [-0.2, 0) is 25.4 Å². The molecule has 0 spiro atoms. The number of hydrogen-bond acceptors (Lipinski definition) is 4. The van der Waals surface area contributed by atoms with Crippen molar-refractivity contribution < 1.29 is 23.2 Å². The lowest BCUT2D eigenvalue weighted by molar-refractivity contribution is -0.157. The topological polar surface area (TPSA) is 49.7 Å². The first-order valence-corrected chi connectivity index (χ1v) is 15.2. The molecule has 7 heteroatoms. The summed E-state index contributed by atoms with van der Waals surface area (Å²) in [5.74, 6) is -0.265. The zero-order chi connectivity index (χ0) is 30.6. The Kier molecular flexibility index (Phi) is 9.53. The number of nitrogens with zero attached hydrogens (tertiary/aromatic N) is 1. The van der Waals surface area contributed by atoms with Crippen LogP contribution in [0.2, 0.25) is 0 Å². The highest BCUT2D eigenvalue weighted by molar-refractivity contribution is 6.61. The summed E-state index contributed by atoms with van der Waals surface area (Å²) in [7, 11) is -0.571. The molecule has 0 saturated carbocycles. The van der Waals surface area contributed by atoms with E-state index in [1.165, 1.54) is 17.8 Å². The maximum Gasteiger partial charge on any atom is 0.494 e. The fourth-order valence-electron chi connectivity index (χ4n) is 5.76. The molecule has 224 valence electrons. The van der Waals surface area contributed by atoms with E-state index in [0.717, 1.165) is 27.8 Å². The Bertz CT molecular complexity index is 1500. The van der Waals surface area contributed by atoms with Gasteiger partial charge in [-0.25, -0.2) is 4.39 Å². The molecule has 0 aliphatic carbocycles. The monoisotopic (exact) mass is 581 g/mol. The molecule has 1 aliphatic heterocycles. The SMILES string of the molecule is CC(C)c1cc(-c2ccccc2)c(-c2ccc(F)cc2)n1CC[C@@H]1C[C@H](CC(=O)OC(C)(C)C)OB(c2ccccc2)O1. The second-order valence-corrected chi connectivity index (χ2v) is 12.6. The van der Waals surface area contributed by atoms with E-state index >= 15 is 0 Å². The van der Waals surface area contributed by atoms with Crippen molar-refractivity contribution in [3.63, 3.8) is 0 Å². The number of benzene rings is 3. The Morgan fingerprint density at radius 2 is 1.56 bits per heavy atom. The van der Waals surface area contributed by atoms with Crippen LogP contribution in [0.1, 0.15) is 65.5 Å². The predicted molar refractivity (Wildman–Crippen MR) is 171 cm³/mol. The number of carbonyl (C=O) groups is 1. The van der Waals surface area contributed by atoms with Gasteiger partial charge in [-0.05, 0) is 86.5 Å². The third-order valence-corrected chi connectivity index (χ3v) is 7.64. The Balaban J connectivity index is 1.46. The zero-order valence-corrected chi connectivity index (χ0v) is 25.8. The lowest BCUT2D eigenvalue weighted by atomic mass is 9.76. The predicted octanol–water partition coefficient (Wildman–Crippen LogP) is 7.78. The van der Waals surface area contributed by atoms with Crippen LogP contribution in [0.25, 0.3) is 22.4 Å². The number of carbonyl (C=O) groups excluding carboxylic acids is 1. The van der Waals surface area contributed by atoms with Crippen LogP contribution in [0.15, 0.2) is 91.0 Å². The zero-order valence-electron chi connectivity index (χ0n) is 25.8. The van der Waals surface area contributed by atoms with E-state index in [2.05, 4.69) is 36.6 Å². The van der Waals surface area contributed by atoms with Crippen molar-refractivity contribution in [2.24, 2.45) is 0 Å². The molecule has 0 bridgehead atoms. The van der Waals surface area contributed by atoms with Gasteiger partial charge in [0.15, 0.2) is 0 Å². The van der Waals surface area contributed by atoms with E-state index in [1.807, 2.05) is 81.4 Å². The first-order chi connectivity index (χ1) is 20.6. The number of ether oxygens (including phenoxy) is 1. The molecule has 2 atom stereocenters. The van der Waals surface area contributed by atoms with Gasteiger partial charge in [0.1, 0.15) is 11.4 Å². The highest BCUT2D eigenvalue weighted by Crippen LogP contribution is 2.38. The van der Waals surface area contributed by atoms with Gasteiger partial charge in [0.2, 0.25) is 0 Å². The third kappa shape index (κ3) is 7.84. The number of hydrogen-bond donors (Lipinski definition) is 0. The summed E-state index contributed by atoms with van der Waals surface area (Å²) < 4.78 is 34.8. The van der Waals surface area contributed by atoms with Gasteiger partial charge < -0.3 is 18.6 Å². The van der Waals surface area contributed by atoms with Crippen molar-refractivity contribution >= 4 is 18.6 Å². The standard InChI is InChI=1S/C36H41BFNO4/c1-25(2)33-24-32(26-12-8-6-9-13-26)35(27-16-18-29(38)19-17-27)39(33)21-20-30-22-31(23-34(40)41-36(3,4)5)43-37(42-30)28-14-10-7-11-15-28/h6-19,24-25,30-31H,20-23H2,1-5H3/t30-,31-/m1/s1. The minimum atomic E-state index is -0.571. The molecule has 0 radical (unpaired) electrons. The van der Waals surface area contributed by atoms with Crippen molar-refractivity contribution in [1.82, 2.24) is 4.57 Å². The van der Waals surface area contributed by atoms with Gasteiger partial charge in [-0.2, -0.15) is 0 Å². The number of aromatic nitrogens is 1. The Labute approximate surface area is 255 Å². The molecule has 0 N–H and O–H groups in total. The first kappa shape index (κ1) is 30.8. The van der Waals surface area contributed by atoms with Crippen LogP contribution in [0.3, 0.4) is 0 Å². The van der Waals surface area contributed by atoms with Crippen LogP contribution in [0.5, 0.6) is 0 Å². The van der Waals surface area contributed by atoms with Gasteiger partial charge in [-0.1, -0.05) is 74.5 Å². The lowest BCUT2D eigenvalue weighted by Crippen LogP contribution is -2.49. The average Bonchev–Trinajstić information content (AvgIpc) is 3.36. The minimum Gasteiger partial charge on any atom is -0.460 e. The van der Waals surface area contributed by atoms with Crippen molar-refractivity contribution in [3.05, 3.63) is 103 Å². The van der Waals surface area contributed by atoms with Gasteiger partial charge >= 0.3 is 13.1 Å². The summed E-state index contributed by atoms with van der Waals surface area (Å²) >= 11 is 0. The highest BCUT2D eigenvalue weighted by atomic mass is 19.1. The maximum atomic E-state index is 14.0. The van der Waals surface area contributed by atoms with E-state index in [0.29, 0.717) is 19.4 Å². The summed E-state index contributed by atoms with van der Waals surface area (Å²) in [6, 6.07) is 29.2. The summed E-state index contributed by atoms with van der Waals surface area (Å²) in [6.45, 7) is 10.7. The van der Waals surface area contributed by atoms with Crippen LogP contribution < -0.4 is 5.46 Å². The Morgan fingerprint density at radius 3 is 2.19 bits per heavy atom. The minimum absolute atomic E-state index is 0.143. The fourth-order valence-corrected chi connectivity index (χ4v) is 5.76. The van der Waals surface area contributed by atoms with E-state index < -0.39 is 12.7 Å². The summed E-state index contributed by atoms with van der Waals surface area (Å²) in [5.41, 5.74) is 5.82. The molecule has 5 nitrogen and oxygen atoms in total. The quantitative estimate of drug-likeness (QED) is 0.150. The van der Waals surface area contributed by atoms with Crippen LogP contribution in [-0.4, -0.2) is 35.5 Å². The lowest BCUT2D eigenvalue weighted by Gasteiger charge is -2.35. The molecule has 4 aromatic rings. The summed E-state index contributed by atoms with van der Waals surface area (Å²) in [4.78, 5) is 12.8. The van der Waals surface area contributed by atoms with E-state index in [4.69, 9.17) is 14.0 Å². The second-order valence-electron chi connectivity index (χ2n) is 12.6. The summed E-state index contributed by atoms with van der Waals surface area (Å²) in [5, 5.41) is 0. The van der Waals surface area contributed by atoms with Crippen LogP contribution in [0.4, 0.5) is 4.39 Å². The molecular weight excluding hydrogens is 540 g/mol. The molecular formula is C36H41BFNO4. The van der Waals surface area contributed by atoms with Crippen LogP contribution >= 0.6 is 0 Å². The van der Waals surface area contributed by atoms with Crippen LogP contribution in [0, 0.1) is 5.82 Å². The van der Waals surface area contributed by atoms with Gasteiger partial charge in [-0.15, -0.1) is 0 Å². The third-order valence-electron chi connectivity index (χ3n) is 7.64. The van der Waals surface area contributed by atoms with Gasteiger partial charge in [-0.3, -0.25) is 4.79 Å². The van der Waals surface area contributed by atoms with Crippen molar-refractivity contribution in [2.75, 3.05) is 0 Å². The highest BCUT2D eigenvalue weighted by Gasteiger charge is 2.37. The molecule has 1 aliphatic rings. The number of halogens is 1. The molecule has 1 fully saturated rings. The van der Waals surface area contributed by atoms with Crippen molar-refractivity contribution in [2.45, 2.75) is 84.2 Å². The molecule has 5 rings (SSSR count). The molecule has 1 aromatic heterocycles. The smallest absolute Gasteiger partial charge is 0.460 e. The van der Waals surface area contributed by atoms with Gasteiger partial charge in [0, 0.05) is 23.9 Å². The average molecular weight is 582 g/mol.